The van der Waals surface area contributed by atoms with Gasteiger partial charge in [0.2, 0.25) is 0 Å². The van der Waals surface area contributed by atoms with Crippen LogP contribution in [0.3, 0.4) is 0 Å². The van der Waals surface area contributed by atoms with Crippen LogP contribution in [0.25, 0.3) is 21.9 Å². The Balaban J connectivity index is 1.31. The number of benzene rings is 2. The maximum atomic E-state index is 13.8. The topological polar surface area (TPSA) is 81.0 Å². The number of alkyl halides is 1. The number of pyridine rings is 1. The van der Waals surface area contributed by atoms with E-state index >= 15 is 0 Å². The van der Waals surface area contributed by atoms with Crippen molar-refractivity contribution in [3.63, 3.8) is 0 Å². The van der Waals surface area contributed by atoms with Crippen LogP contribution in [0.5, 0.6) is 5.75 Å². The van der Waals surface area contributed by atoms with Crippen LogP contribution in [0.2, 0.25) is 0 Å². The van der Waals surface area contributed by atoms with Crippen LogP contribution >= 0.6 is 0 Å². The Kier molecular flexibility index (Phi) is 5.36. The predicted molar refractivity (Wildman–Crippen MR) is 134 cm³/mol. The van der Waals surface area contributed by atoms with Gasteiger partial charge in [0.15, 0.2) is 17.0 Å². The molecule has 3 aromatic heterocycles. The van der Waals surface area contributed by atoms with Crippen molar-refractivity contribution in [3.8, 4) is 5.75 Å². The third-order valence-electron chi connectivity index (χ3n) is 6.30. The number of ether oxygens (including phenoxy) is 1. The SMILES string of the molecule is COc1ccc(Cn2nc(Nc3ccc4c(N5CCC(F)C5)nccc4c3)c3nccnc32)cc1. The summed E-state index contributed by atoms with van der Waals surface area (Å²) in [6, 6.07) is 15.9. The summed E-state index contributed by atoms with van der Waals surface area (Å²) in [6.45, 7) is 1.63. The number of methoxy groups -OCH3 is 1. The van der Waals surface area contributed by atoms with Gasteiger partial charge in [-0.15, -0.1) is 0 Å². The Labute approximate surface area is 201 Å². The van der Waals surface area contributed by atoms with Crippen LogP contribution < -0.4 is 15.0 Å². The van der Waals surface area contributed by atoms with Gasteiger partial charge in [-0.25, -0.2) is 24.0 Å². The zero-order valence-corrected chi connectivity index (χ0v) is 19.2. The van der Waals surface area contributed by atoms with E-state index in [0.717, 1.165) is 33.6 Å². The largest absolute Gasteiger partial charge is 0.497 e. The van der Waals surface area contributed by atoms with Gasteiger partial charge in [-0.1, -0.05) is 12.1 Å². The zero-order valence-electron chi connectivity index (χ0n) is 19.2. The number of hydrogen-bond acceptors (Lipinski definition) is 7. The average Bonchev–Trinajstić information content (AvgIpc) is 3.47. The Morgan fingerprint density at radius 3 is 2.69 bits per heavy atom. The molecule has 8 nitrogen and oxygen atoms in total. The number of rotatable bonds is 6. The molecule has 6 rings (SSSR count). The van der Waals surface area contributed by atoms with E-state index in [1.54, 1.807) is 25.7 Å². The number of nitrogens with zero attached hydrogens (tertiary/aromatic N) is 6. The van der Waals surface area contributed by atoms with E-state index in [2.05, 4.69) is 20.3 Å². The van der Waals surface area contributed by atoms with Crippen LogP contribution in [-0.2, 0) is 6.54 Å². The third-order valence-corrected chi connectivity index (χ3v) is 6.30. The predicted octanol–water partition coefficient (Wildman–Crippen LogP) is 4.72. The first-order chi connectivity index (χ1) is 17.2. The summed E-state index contributed by atoms with van der Waals surface area (Å²) in [7, 11) is 1.65. The summed E-state index contributed by atoms with van der Waals surface area (Å²) < 4.78 is 20.9. The van der Waals surface area contributed by atoms with E-state index in [1.807, 2.05) is 58.1 Å². The molecule has 4 heterocycles. The van der Waals surface area contributed by atoms with Gasteiger partial charge in [0.25, 0.3) is 0 Å². The molecule has 1 aliphatic rings. The smallest absolute Gasteiger partial charge is 0.180 e. The fraction of sp³-hybridized carbons (Fsp3) is 0.231. The van der Waals surface area contributed by atoms with Gasteiger partial charge >= 0.3 is 0 Å². The normalized spacial score (nSPS) is 15.7. The van der Waals surface area contributed by atoms with Crippen LogP contribution in [-0.4, -0.2) is 51.1 Å². The molecule has 176 valence electrons. The Bertz CT molecular complexity index is 1500. The minimum absolute atomic E-state index is 0.391. The Morgan fingerprint density at radius 1 is 1.03 bits per heavy atom. The molecular formula is C26H24FN7O. The molecule has 1 atom stereocenters. The van der Waals surface area contributed by atoms with E-state index < -0.39 is 6.17 Å². The highest BCUT2D eigenvalue weighted by atomic mass is 19.1. The van der Waals surface area contributed by atoms with Crippen molar-refractivity contribution in [2.24, 2.45) is 0 Å². The number of aromatic nitrogens is 5. The first kappa shape index (κ1) is 21.3. The van der Waals surface area contributed by atoms with Crippen molar-refractivity contribution >= 4 is 39.3 Å². The molecule has 1 unspecified atom stereocenters. The highest BCUT2D eigenvalue weighted by Crippen LogP contribution is 2.31. The molecule has 0 aliphatic carbocycles. The zero-order chi connectivity index (χ0) is 23.8. The van der Waals surface area contributed by atoms with Gasteiger partial charge in [-0.3, -0.25) is 0 Å². The van der Waals surface area contributed by atoms with Crippen molar-refractivity contribution < 1.29 is 9.13 Å². The first-order valence-corrected chi connectivity index (χ1v) is 11.5. The Hall–Kier alpha value is -4.27. The minimum Gasteiger partial charge on any atom is -0.497 e. The molecule has 35 heavy (non-hydrogen) atoms. The molecule has 1 saturated heterocycles. The standard InChI is InChI=1S/C26H24FN7O/c1-35-21-5-2-17(3-6-21)15-34-26-23(28-11-12-30-26)24(32-34)31-20-4-7-22-18(14-20)8-10-29-25(22)33-13-9-19(27)16-33/h2-8,10-12,14,19H,9,13,15-16H2,1H3,(H,31,32). The number of anilines is 3. The molecular weight excluding hydrogens is 445 g/mol. The second-order valence-electron chi connectivity index (χ2n) is 8.61. The number of hydrogen-bond donors (Lipinski definition) is 1. The maximum absolute atomic E-state index is 13.8. The van der Waals surface area contributed by atoms with Gasteiger partial charge in [-0.2, -0.15) is 5.10 Å². The summed E-state index contributed by atoms with van der Waals surface area (Å²) in [4.78, 5) is 15.6. The van der Waals surface area contributed by atoms with E-state index in [1.165, 1.54) is 0 Å². The first-order valence-electron chi connectivity index (χ1n) is 11.5. The molecule has 1 aliphatic heterocycles. The van der Waals surface area contributed by atoms with Crippen LogP contribution in [0.4, 0.5) is 21.7 Å². The van der Waals surface area contributed by atoms with Gasteiger partial charge in [0, 0.05) is 36.2 Å². The van der Waals surface area contributed by atoms with Crippen LogP contribution in [0.1, 0.15) is 12.0 Å². The lowest BCUT2D eigenvalue weighted by molar-refractivity contribution is 0.364. The molecule has 1 N–H and O–H groups in total. The number of halogens is 1. The van der Waals surface area contributed by atoms with Gasteiger partial charge in [-0.05, 0) is 53.8 Å². The molecule has 9 heteroatoms. The number of nitrogens with one attached hydrogen (secondary N) is 1. The lowest BCUT2D eigenvalue weighted by atomic mass is 10.1. The monoisotopic (exact) mass is 469 g/mol. The molecule has 0 bridgehead atoms. The van der Waals surface area contributed by atoms with Crippen molar-refractivity contribution in [2.45, 2.75) is 19.1 Å². The summed E-state index contributed by atoms with van der Waals surface area (Å²) in [6.07, 6.45) is 4.86. The van der Waals surface area contributed by atoms with Gasteiger partial charge in [0.1, 0.15) is 17.7 Å². The van der Waals surface area contributed by atoms with Gasteiger partial charge < -0.3 is 15.0 Å². The lowest BCUT2D eigenvalue weighted by Crippen LogP contribution is -2.21. The fourth-order valence-electron chi connectivity index (χ4n) is 4.54. The molecule has 1 fully saturated rings. The maximum Gasteiger partial charge on any atom is 0.180 e. The second-order valence-corrected chi connectivity index (χ2v) is 8.61. The summed E-state index contributed by atoms with van der Waals surface area (Å²) in [5, 5.41) is 10.2. The van der Waals surface area contributed by atoms with E-state index in [4.69, 9.17) is 9.84 Å². The van der Waals surface area contributed by atoms with Crippen molar-refractivity contribution in [1.82, 2.24) is 24.7 Å². The van der Waals surface area contributed by atoms with E-state index in [0.29, 0.717) is 43.0 Å². The minimum atomic E-state index is -0.796. The average molecular weight is 470 g/mol. The summed E-state index contributed by atoms with van der Waals surface area (Å²) in [5.41, 5.74) is 3.35. The van der Waals surface area contributed by atoms with Crippen molar-refractivity contribution in [3.05, 3.63) is 72.7 Å². The molecule has 0 spiro atoms. The van der Waals surface area contributed by atoms with E-state index in [9.17, 15) is 4.39 Å². The van der Waals surface area contributed by atoms with E-state index in [-0.39, 0.29) is 0 Å². The molecule has 0 saturated carbocycles. The van der Waals surface area contributed by atoms with Crippen molar-refractivity contribution in [1.29, 1.82) is 0 Å². The molecule has 0 radical (unpaired) electrons. The van der Waals surface area contributed by atoms with Crippen molar-refractivity contribution in [2.75, 3.05) is 30.4 Å². The molecule has 5 aromatic rings. The highest BCUT2D eigenvalue weighted by Gasteiger charge is 2.24. The second kappa shape index (κ2) is 8.83. The highest BCUT2D eigenvalue weighted by molar-refractivity contribution is 5.95. The molecule has 0 amide bonds. The van der Waals surface area contributed by atoms with Crippen LogP contribution in [0, 0.1) is 0 Å². The Morgan fingerprint density at radius 2 is 1.89 bits per heavy atom. The third kappa shape index (κ3) is 4.09. The van der Waals surface area contributed by atoms with Crippen LogP contribution in [0.15, 0.2) is 67.1 Å². The summed E-state index contributed by atoms with van der Waals surface area (Å²) >= 11 is 0. The fourth-order valence-corrected chi connectivity index (χ4v) is 4.54. The quantitative estimate of drug-likeness (QED) is 0.385. The number of fused-ring (bicyclic) bond motifs is 2. The van der Waals surface area contributed by atoms with Gasteiger partial charge in [0.05, 0.1) is 20.2 Å². The summed E-state index contributed by atoms with van der Waals surface area (Å²) in [5.74, 6) is 2.27. The molecule has 2 aromatic carbocycles. The lowest BCUT2D eigenvalue weighted by Gasteiger charge is -2.18.